The molecule has 0 aliphatic rings. The summed E-state index contributed by atoms with van der Waals surface area (Å²) in [6.45, 7) is -0.566. The molecule has 0 saturated carbocycles. The first kappa shape index (κ1) is 10.2. The van der Waals surface area contributed by atoms with Gasteiger partial charge in [0.2, 0.25) is 11.2 Å². The number of fused-ring (bicyclic) bond motifs is 1. The maximum atomic E-state index is 11.8. The molecule has 2 aromatic rings. The summed E-state index contributed by atoms with van der Waals surface area (Å²) in [5, 5.41) is 8.79. The van der Waals surface area contributed by atoms with Gasteiger partial charge >= 0.3 is 5.97 Å². The Hall–Kier alpha value is -2.30. The molecular weight excluding hydrogens is 212 g/mol. The number of benzene rings is 1. The number of hydrogen-bond acceptors (Lipinski definition) is 4. The Morgan fingerprint density at radius 3 is 2.88 bits per heavy atom. The van der Waals surface area contributed by atoms with Crippen LogP contribution < -0.4 is 10.2 Å². The first-order valence-corrected chi connectivity index (χ1v) is 4.53. The summed E-state index contributed by atoms with van der Waals surface area (Å²) in [6.07, 6.45) is 1.12. The second kappa shape index (κ2) is 4.06. The quantitative estimate of drug-likeness (QED) is 0.842. The monoisotopic (exact) mass is 220 g/mol. The van der Waals surface area contributed by atoms with Gasteiger partial charge in [-0.15, -0.1) is 0 Å². The van der Waals surface area contributed by atoms with E-state index < -0.39 is 12.6 Å². The number of rotatable bonds is 3. The van der Waals surface area contributed by atoms with Crippen LogP contribution >= 0.6 is 0 Å². The molecule has 5 heteroatoms. The van der Waals surface area contributed by atoms with E-state index in [2.05, 4.69) is 0 Å². The molecule has 82 valence electrons. The Bertz CT molecular complexity index is 584. The van der Waals surface area contributed by atoms with Crippen LogP contribution in [0.4, 0.5) is 0 Å². The Kier molecular flexibility index (Phi) is 2.59. The van der Waals surface area contributed by atoms with Gasteiger partial charge in [0.05, 0.1) is 5.39 Å². The van der Waals surface area contributed by atoms with Crippen molar-refractivity contribution in [3.63, 3.8) is 0 Å². The van der Waals surface area contributed by atoms with E-state index in [1.54, 1.807) is 24.3 Å². The molecule has 0 bridgehead atoms. The highest BCUT2D eigenvalue weighted by Crippen LogP contribution is 2.14. The molecule has 5 nitrogen and oxygen atoms in total. The molecule has 0 fully saturated rings. The van der Waals surface area contributed by atoms with Crippen LogP contribution in [0, 0.1) is 0 Å². The molecule has 2 rings (SSSR count). The van der Waals surface area contributed by atoms with Crippen LogP contribution in [-0.4, -0.2) is 17.7 Å². The summed E-state index contributed by atoms with van der Waals surface area (Å²) < 4.78 is 9.94. The minimum Gasteiger partial charge on any atom is -0.479 e. The van der Waals surface area contributed by atoms with Crippen LogP contribution in [0.2, 0.25) is 0 Å². The van der Waals surface area contributed by atoms with Crippen LogP contribution in [0.25, 0.3) is 11.0 Å². The van der Waals surface area contributed by atoms with Gasteiger partial charge in [0.15, 0.2) is 6.61 Å². The average Bonchev–Trinajstić information content (AvgIpc) is 2.28. The Balaban J connectivity index is 2.45. The maximum absolute atomic E-state index is 11.8. The highest BCUT2D eigenvalue weighted by Gasteiger charge is 2.08. The number of carbonyl (C=O) groups is 1. The zero-order chi connectivity index (χ0) is 11.5. The Labute approximate surface area is 89.9 Å². The van der Waals surface area contributed by atoms with Gasteiger partial charge in [0.25, 0.3) is 0 Å². The van der Waals surface area contributed by atoms with Crippen molar-refractivity contribution < 1.29 is 19.1 Å². The molecule has 0 amide bonds. The van der Waals surface area contributed by atoms with E-state index in [1.165, 1.54) is 0 Å². The minimum absolute atomic E-state index is 0.0962. The zero-order valence-corrected chi connectivity index (χ0v) is 8.17. The van der Waals surface area contributed by atoms with E-state index in [-0.39, 0.29) is 11.2 Å². The van der Waals surface area contributed by atoms with Crippen molar-refractivity contribution in [2.24, 2.45) is 0 Å². The summed E-state index contributed by atoms with van der Waals surface area (Å²) in [5.41, 5.74) is 0.0678. The lowest BCUT2D eigenvalue weighted by molar-refractivity contribution is -0.139. The van der Waals surface area contributed by atoms with E-state index in [4.69, 9.17) is 14.3 Å². The normalized spacial score (nSPS) is 10.2. The highest BCUT2D eigenvalue weighted by molar-refractivity contribution is 5.77. The largest absolute Gasteiger partial charge is 0.479 e. The fourth-order valence-corrected chi connectivity index (χ4v) is 1.30. The predicted octanol–water partition coefficient (Wildman–Crippen LogP) is 1.26. The number of ether oxygens (including phenoxy) is 1. The summed E-state index contributed by atoms with van der Waals surface area (Å²) in [7, 11) is 0. The summed E-state index contributed by atoms with van der Waals surface area (Å²) in [4.78, 5) is 22.1. The molecule has 0 saturated heterocycles. The van der Waals surface area contributed by atoms with Crippen molar-refractivity contribution in [3.8, 4) is 5.75 Å². The highest BCUT2D eigenvalue weighted by atomic mass is 16.5. The Morgan fingerprint density at radius 1 is 1.38 bits per heavy atom. The van der Waals surface area contributed by atoms with Crippen molar-refractivity contribution in [3.05, 3.63) is 40.8 Å². The number of aliphatic carboxylic acids is 1. The van der Waals surface area contributed by atoms with Gasteiger partial charge < -0.3 is 14.3 Å². The molecular formula is C11H8O5. The second-order valence-electron chi connectivity index (χ2n) is 3.11. The molecule has 16 heavy (non-hydrogen) atoms. The second-order valence-corrected chi connectivity index (χ2v) is 3.11. The minimum atomic E-state index is -1.15. The smallest absolute Gasteiger partial charge is 0.341 e. The zero-order valence-electron chi connectivity index (χ0n) is 8.17. The fourth-order valence-electron chi connectivity index (χ4n) is 1.30. The summed E-state index contributed by atoms with van der Waals surface area (Å²) >= 11 is 0. The van der Waals surface area contributed by atoms with Crippen LogP contribution in [0.15, 0.2) is 39.7 Å². The molecule has 1 N–H and O–H groups in total. The molecule has 0 radical (unpaired) electrons. The number of hydrogen-bond donors (Lipinski definition) is 1. The average molecular weight is 220 g/mol. The first-order valence-electron chi connectivity index (χ1n) is 4.53. The van der Waals surface area contributed by atoms with E-state index in [0.717, 1.165) is 6.26 Å². The number of para-hydroxylation sites is 1. The molecule has 1 aromatic carbocycles. The van der Waals surface area contributed by atoms with Crippen molar-refractivity contribution in [1.29, 1.82) is 0 Å². The molecule has 0 aliphatic carbocycles. The molecule has 0 unspecified atom stereocenters. The fraction of sp³-hybridized carbons (Fsp3) is 0.0909. The third-order valence-corrected chi connectivity index (χ3v) is 2.00. The summed E-state index contributed by atoms with van der Waals surface area (Å²) in [6, 6.07) is 6.68. The molecule has 1 heterocycles. The van der Waals surface area contributed by atoms with Crippen LogP contribution in [0.1, 0.15) is 0 Å². The first-order chi connectivity index (χ1) is 7.68. The van der Waals surface area contributed by atoms with Gasteiger partial charge in [-0.2, -0.15) is 0 Å². The van der Waals surface area contributed by atoms with Gasteiger partial charge in [0.1, 0.15) is 11.8 Å². The van der Waals surface area contributed by atoms with Crippen molar-refractivity contribution in [1.82, 2.24) is 0 Å². The Morgan fingerprint density at radius 2 is 2.12 bits per heavy atom. The van der Waals surface area contributed by atoms with E-state index in [9.17, 15) is 9.59 Å². The standard InChI is InChI=1S/C11H8O5/c12-10(13)6-16-9-5-15-8-4-2-1-3-7(8)11(9)14/h1-5H,6H2,(H,12,13). The van der Waals surface area contributed by atoms with E-state index in [1.807, 2.05) is 0 Å². The van der Waals surface area contributed by atoms with Gasteiger partial charge in [-0.25, -0.2) is 4.79 Å². The molecule has 0 aliphatic heterocycles. The van der Waals surface area contributed by atoms with Crippen molar-refractivity contribution in [2.45, 2.75) is 0 Å². The third-order valence-electron chi connectivity index (χ3n) is 2.00. The lowest BCUT2D eigenvalue weighted by atomic mass is 10.2. The van der Waals surface area contributed by atoms with Gasteiger partial charge in [-0.1, -0.05) is 12.1 Å². The number of carboxylic acids is 1. The van der Waals surface area contributed by atoms with Crippen LogP contribution in [0.5, 0.6) is 5.75 Å². The van der Waals surface area contributed by atoms with Crippen molar-refractivity contribution >= 4 is 16.9 Å². The van der Waals surface area contributed by atoms with Crippen LogP contribution in [0.3, 0.4) is 0 Å². The third kappa shape index (κ3) is 1.88. The maximum Gasteiger partial charge on any atom is 0.341 e. The lowest BCUT2D eigenvalue weighted by Gasteiger charge is -2.02. The van der Waals surface area contributed by atoms with Gasteiger partial charge in [-0.3, -0.25) is 4.79 Å². The lowest BCUT2D eigenvalue weighted by Crippen LogP contribution is -2.14. The summed E-state index contributed by atoms with van der Waals surface area (Å²) in [5.74, 6) is -1.24. The predicted molar refractivity (Wildman–Crippen MR) is 55.6 cm³/mol. The number of carboxylic acid groups (broad SMARTS) is 1. The van der Waals surface area contributed by atoms with Crippen LogP contribution in [-0.2, 0) is 4.79 Å². The van der Waals surface area contributed by atoms with Gasteiger partial charge in [-0.05, 0) is 12.1 Å². The van der Waals surface area contributed by atoms with E-state index >= 15 is 0 Å². The van der Waals surface area contributed by atoms with Gasteiger partial charge in [0, 0.05) is 0 Å². The topological polar surface area (TPSA) is 76.7 Å². The van der Waals surface area contributed by atoms with E-state index in [0.29, 0.717) is 11.0 Å². The molecule has 1 aromatic heterocycles. The molecule has 0 spiro atoms. The SMILES string of the molecule is O=C(O)COc1coc2ccccc2c1=O. The molecule has 0 atom stereocenters. The van der Waals surface area contributed by atoms with Crippen molar-refractivity contribution in [2.75, 3.05) is 6.61 Å².